The van der Waals surface area contributed by atoms with Crippen LogP contribution in [0.1, 0.15) is 12.8 Å². The second kappa shape index (κ2) is 3.32. The Morgan fingerprint density at radius 2 is 2.18 bits per heavy atom. The Bertz CT molecular complexity index is 194. The number of hydrogen-bond donors (Lipinski definition) is 1. The molecule has 0 radical (unpaired) electrons. The summed E-state index contributed by atoms with van der Waals surface area (Å²) >= 11 is 0. The van der Waals surface area contributed by atoms with Crippen molar-refractivity contribution in [2.45, 2.75) is 12.8 Å². The van der Waals surface area contributed by atoms with Crippen LogP contribution in [0.25, 0.3) is 0 Å². The first-order chi connectivity index (χ1) is 5.24. The van der Waals surface area contributed by atoms with Crippen molar-refractivity contribution in [1.29, 1.82) is 0 Å². The molecule has 1 aliphatic rings. The van der Waals surface area contributed by atoms with E-state index in [1.165, 1.54) is 6.08 Å². The molecule has 11 heavy (non-hydrogen) atoms. The Balaban J connectivity index is 2.15. The van der Waals surface area contributed by atoms with Crippen molar-refractivity contribution >= 4 is 11.7 Å². The van der Waals surface area contributed by atoms with Crippen LogP contribution in [-0.2, 0) is 9.59 Å². The maximum absolute atomic E-state index is 11.0. The molecule has 0 saturated heterocycles. The Labute approximate surface area is 65.5 Å². The number of carbonyl (C=O) groups excluding carboxylic acids is 2. The van der Waals surface area contributed by atoms with Gasteiger partial charge in [-0.2, -0.15) is 0 Å². The third-order valence-corrected chi connectivity index (χ3v) is 1.65. The van der Waals surface area contributed by atoms with Gasteiger partial charge in [0.05, 0.1) is 6.54 Å². The Hall–Kier alpha value is -1.12. The summed E-state index contributed by atoms with van der Waals surface area (Å²) in [5.41, 5.74) is 0. The Morgan fingerprint density at radius 1 is 1.55 bits per heavy atom. The van der Waals surface area contributed by atoms with Gasteiger partial charge in [0.15, 0.2) is 5.78 Å². The van der Waals surface area contributed by atoms with Crippen LogP contribution in [0.4, 0.5) is 0 Å². The van der Waals surface area contributed by atoms with E-state index in [9.17, 15) is 9.59 Å². The summed E-state index contributed by atoms with van der Waals surface area (Å²) in [7, 11) is 0. The highest BCUT2D eigenvalue weighted by atomic mass is 16.2. The van der Waals surface area contributed by atoms with Gasteiger partial charge in [-0.1, -0.05) is 6.58 Å². The van der Waals surface area contributed by atoms with Gasteiger partial charge in [-0.15, -0.1) is 0 Å². The third-order valence-electron chi connectivity index (χ3n) is 1.65. The second-order valence-corrected chi connectivity index (χ2v) is 2.66. The van der Waals surface area contributed by atoms with Gasteiger partial charge in [0, 0.05) is 5.92 Å². The predicted octanol–water partition coefficient (Wildman–Crippen LogP) is 0.268. The SMILES string of the molecule is C=CC(=O)NCC(=O)C1CC1. The number of Topliss-reactive ketones (excluding diaryl/α,β-unsaturated/α-hetero) is 1. The van der Waals surface area contributed by atoms with E-state index in [1.807, 2.05) is 0 Å². The molecule has 1 N–H and O–H groups in total. The molecule has 0 aromatic rings. The van der Waals surface area contributed by atoms with Crippen molar-refractivity contribution in [3.63, 3.8) is 0 Å². The molecule has 1 fully saturated rings. The Morgan fingerprint density at radius 3 is 2.64 bits per heavy atom. The molecular weight excluding hydrogens is 142 g/mol. The highest BCUT2D eigenvalue weighted by molar-refractivity contribution is 5.92. The lowest BCUT2D eigenvalue weighted by Crippen LogP contribution is -2.28. The van der Waals surface area contributed by atoms with Gasteiger partial charge in [-0.25, -0.2) is 0 Å². The van der Waals surface area contributed by atoms with Gasteiger partial charge in [-0.05, 0) is 18.9 Å². The standard InChI is InChI=1S/C8H11NO2/c1-2-8(11)9-5-7(10)6-3-4-6/h2,6H,1,3-5H2,(H,9,11). The minimum Gasteiger partial charge on any atom is -0.345 e. The van der Waals surface area contributed by atoms with Crippen LogP contribution in [0.15, 0.2) is 12.7 Å². The summed E-state index contributed by atoms with van der Waals surface area (Å²) in [5, 5.41) is 2.45. The average molecular weight is 153 g/mol. The zero-order chi connectivity index (χ0) is 8.27. The molecule has 0 aromatic heterocycles. The number of hydrogen-bond acceptors (Lipinski definition) is 2. The second-order valence-electron chi connectivity index (χ2n) is 2.66. The summed E-state index contributed by atoms with van der Waals surface area (Å²) in [6.45, 7) is 3.44. The first-order valence-electron chi connectivity index (χ1n) is 3.67. The third kappa shape index (κ3) is 2.53. The number of amides is 1. The zero-order valence-electron chi connectivity index (χ0n) is 6.30. The fourth-order valence-electron chi connectivity index (χ4n) is 0.796. The van der Waals surface area contributed by atoms with Crippen LogP contribution in [0, 0.1) is 5.92 Å². The van der Waals surface area contributed by atoms with Gasteiger partial charge in [0.1, 0.15) is 0 Å². The molecule has 3 nitrogen and oxygen atoms in total. The number of nitrogens with one attached hydrogen (secondary N) is 1. The average Bonchev–Trinajstić information content (AvgIpc) is 2.81. The van der Waals surface area contributed by atoms with Crippen LogP contribution < -0.4 is 5.32 Å². The molecule has 0 atom stereocenters. The lowest BCUT2D eigenvalue weighted by atomic mass is 10.2. The lowest BCUT2D eigenvalue weighted by molar-refractivity contribution is -0.123. The van der Waals surface area contributed by atoms with E-state index in [1.54, 1.807) is 0 Å². The van der Waals surface area contributed by atoms with E-state index < -0.39 is 0 Å². The van der Waals surface area contributed by atoms with Crippen LogP contribution >= 0.6 is 0 Å². The molecule has 60 valence electrons. The van der Waals surface area contributed by atoms with Crippen molar-refractivity contribution < 1.29 is 9.59 Å². The molecule has 0 unspecified atom stereocenters. The number of rotatable bonds is 4. The maximum Gasteiger partial charge on any atom is 0.243 e. The van der Waals surface area contributed by atoms with Gasteiger partial charge in [0.25, 0.3) is 0 Å². The molecule has 0 spiro atoms. The van der Waals surface area contributed by atoms with Crippen molar-refractivity contribution in [1.82, 2.24) is 5.32 Å². The van der Waals surface area contributed by atoms with E-state index in [0.29, 0.717) is 0 Å². The van der Waals surface area contributed by atoms with E-state index in [2.05, 4.69) is 11.9 Å². The van der Waals surface area contributed by atoms with Gasteiger partial charge >= 0.3 is 0 Å². The van der Waals surface area contributed by atoms with E-state index >= 15 is 0 Å². The van der Waals surface area contributed by atoms with Crippen molar-refractivity contribution in [2.24, 2.45) is 5.92 Å². The van der Waals surface area contributed by atoms with Crippen molar-refractivity contribution in [3.8, 4) is 0 Å². The molecule has 0 aliphatic heterocycles. The minimum absolute atomic E-state index is 0.139. The summed E-state index contributed by atoms with van der Waals surface area (Å²) in [6, 6.07) is 0. The minimum atomic E-state index is -0.279. The van der Waals surface area contributed by atoms with Gasteiger partial charge < -0.3 is 5.32 Å². The molecule has 1 saturated carbocycles. The monoisotopic (exact) mass is 153 g/mol. The highest BCUT2D eigenvalue weighted by Crippen LogP contribution is 2.29. The topological polar surface area (TPSA) is 46.2 Å². The number of ketones is 1. The smallest absolute Gasteiger partial charge is 0.243 e. The van der Waals surface area contributed by atoms with E-state index in [4.69, 9.17) is 0 Å². The lowest BCUT2D eigenvalue weighted by Gasteiger charge is -1.98. The van der Waals surface area contributed by atoms with Crippen LogP contribution in [0.5, 0.6) is 0 Å². The van der Waals surface area contributed by atoms with Crippen molar-refractivity contribution in [3.05, 3.63) is 12.7 Å². The number of carbonyl (C=O) groups is 2. The molecule has 3 heteroatoms. The van der Waals surface area contributed by atoms with E-state index in [-0.39, 0.29) is 24.2 Å². The first-order valence-corrected chi connectivity index (χ1v) is 3.67. The molecule has 1 aliphatic carbocycles. The van der Waals surface area contributed by atoms with Crippen LogP contribution in [-0.4, -0.2) is 18.2 Å². The zero-order valence-corrected chi connectivity index (χ0v) is 6.30. The quantitative estimate of drug-likeness (QED) is 0.589. The summed E-state index contributed by atoms with van der Waals surface area (Å²) < 4.78 is 0. The highest BCUT2D eigenvalue weighted by Gasteiger charge is 2.28. The normalized spacial score (nSPS) is 15.6. The van der Waals surface area contributed by atoms with Crippen molar-refractivity contribution in [2.75, 3.05) is 6.54 Å². The summed E-state index contributed by atoms with van der Waals surface area (Å²) in [6.07, 6.45) is 3.14. The maximum atomic E-state index is 11.0. The fraction of sp³-hybridized carbons (Fsp3) is 0.500. The summed E-state index contributed by atoms with van der Waals surface area (Å²) in [4.78, 5) is 21.6. The van der Waals surface area contributed by atoms with E-state index in [0.717, 1.165) is 12.8 Å². The molecule has 1 amide bonds. The molecule has 0 heterocycles. The largest absolute Gasteiger partial charge is 0.345 e. The molecule has 0 aromatic carbocycles. The van der Waals surface area contributed by atoms with Crippen LogP contribution in [0.2, 0.25) is 0 Å². The molecular formula is C8H11NO2. The first kappa shape index (κ1) is 7.98. The molecule has 1 rings (SSSR count). The summed E-state index contributed by atoms with van der Waals surface area (Å²) in [5.74, 6) is 0.0827. The van der Waals surface area contributed by atoms with Gasteiger partial charge in [0.2, 0.25) is 5.91 Å². The predicted molar refractivity (Wildman–Crippen MR) is 40.9 cm³/mol. The van der Waals surface area contributed by atoms with Gasteiger partial charge in [-0.3, -0.25) is 9.59 Å². The Kier molecular flexibility index (Phi) is 2.41. The van der Waals surface area contributed by atoms with Crippen LogP contribution in [0.3, 0.4) is 0 Å². The fourth-order valence-corrected chi connectivity index (χ4v) is 0.796. The molecule has 0 bridgehead atoms.